The van der Waals surface area contributed by atoms with Crippen molar-refractivity contribution in [3.8, 4) is 0 Å². The van der Waals surface area contributed by atoms with Gasteiger partial charge in [0.15, 0.2) is 0 Å². The van der Waals surface area contributed by atoms with Gasteiger partial charge in [0.05, 0.1) is 12.1 Å². The third-order valence-electron chi connectivity index (χ3n) is 4.90. The molecule has 1 aliphatic rings. The van der Waals surface area contributed by atoms with E-state index >= 15 is 0 Å². The fourth-order valence-corrected chi connectivity index (χ4v) is 4.23. The molecule has 1 saturated heterocycles. The molecule has 0 spiro atoms. The minimum atomic E-state index is -0.750. The van der Waals surface area contributed by atoms with Crippen LogP contribution in [0.1, 0.15) is 37.7 Å². The van der Waals surface area contributed by atoms with Crippen LogP contribution in [0.15, 0.2) is 42.5 Å². The number of likely N-dealkylation sites (tertiary alicyclic amines) is 1. The van der Waals surface area contributed by atoms with Crippen LogP contribution >= 0.6 is 11.8 Å². The molecule has 1 aliphatic heterocycles. The Kier molecular flexibility index (Phi) is 10.1. The number of ether oxygens (including phenoxy) is 1. The molecule has 1 amide bonds. The van der Waals surface area contributed by atoms with E-state index in [-0.39, 0.29) is 24.5 Å². The van der Waals surface area contributed by atoms with Crippen LogP contribution < -0.4 is 0 Å². The zero-order valence-electron chi connectivity index (χ0n) is 16.6. The molecule has 1 N–H and O–H groups in total. The molecule has 0 saturated carbocycles. The van der Waals surface area contributed by atoms with Gasteiger partial charge in [-0.2, -0.15) is 11.8 Å². The van der Waals surface area contributed by atoms with Crippen molar-refractivity contribution in [3.05, 3.63) is 48.0 Å². The van der Waals surface area contributed by atoms with Crippen LogP contribution in [0.2, 0.25) is 0 Å². The van der Waals surface area contributed by atoms with E-state index in [1.165, 1.54) is 5.56 Å². The number of aliphatic carboxylic acids is 1. The summed E-state index contributed by atoms with van der Waals surface area (Å²) in [6, 6.07) is 10.4. The Morgan fingerprint density at radius 3 is 2.86 bits per heavy atom. The summed E-state index contributed by atoms with van der Waals surface area (Å²) in [7, 11) is 1.72. The average molecular weight is 406 g/mol. The van der Waals surface area contributed by atoms with E-state index in [1.54, 1.807) is 18.9 Å². The Hall–Kier alpha value is -1.79. The number of benzene rings is 1. The topological polar surface area (TPSA) is 66.8 Å². The van der Waals surface area contributed by atoms with Crippen molar-refractivity contribution < 1.29 is 19.4 Å². The van der Waals surface area contributed by atoms with Gasteiger partial charge in [-0.1, -0.05) is 42.5 Å². The minimum absolute atomic E-state index is 0.00771. The molecule has 0 bridgehead atoms. The predicted molar refractivity (Wildman–Crippen MR) is 114 cm³/mol. The van der Waals surface area contributed by atoms with E-state index < -0.39 is 5.97 Å². The minimum Gasteiger partial charge on any atom is -0.481 e. The first-order chi connectivity index (χ1) is 13.6. The van der Waals surface area contributed by atoms with Crippen molar-refractivity contribution in [2.45, 2.75) is 50.7 Å². The number of methoxy groups -OCH3 is 1. The third kappa shape index (κ3) is 8.07. The molecule has 0 aliphatic carbocycles. The van der Waals surface area contributed by atoms with Gasteiger partial charge in [0.1, 0.15) is 0 Å². The molecule has 1 aromatic rings. The van der Waals surface area contributed by atoms with E-state index in [9.17, 15) is 9.59 Å². The van der Waals surface area contributed by atoms with Gasteiger partial charge in [-0.25, -0.2) is 0 Å². The maximum Gasteiger partial charge on any atom is 0.303 e. The Morgan fingerprint density at radius 1 is 1.36 bits per heavy atom. The van der Waals surface area contributed by atoms with Crippen LogP contribution in [0.3, 0.4) is 0 Å². The molecule has 1 unspecified atom stereocenters. The fraction of sp³-hybridized carbons (Fsp3) is 0.545. The molecule has 2 atom stereocenters. The van der Waals surface area contributed by atoms with Crippen LogP contribution in [-0.4, -0.2) is 59.2 Å². The van der Waals surface area contributed by atoms with Gasteiger partial charge in [-0.15, -0.1) is 0 Å². The fourth-order valence-electron chi connectivity index (χ4n) is 3.36. The van der Waals surface area contributed by atoms with Crippen LogP contribution in [-0.2, 0) is 20.7 Å². The summed E-state index contributed by atoms with van der Waals surface area (Å²) < 4.78 is 5.61. The third-order valence-corrected chi connectivity index (χ3v) is 5.95. The van der Waals surface area contributed by atoms with Crippen molar-refractivity contribution in [2.75, 3.05) is 25.2 Å². The average Bonchev–Trinajstić information content (AvgIpc) is 2.69. The van der Waals surface area contributed by atoms with Gasteiger partial charge >= 0.3 is 5.97 Å². The van der Waals surface area contributed by atoms with E-state index in [2.05, 4.69) is 24.3 Å². The highest BCUT2D eigenvalue weighted by atomic mass is 32.2. The Labute approximate surface area is 172 Å². The summed E-state index contributed by atoms with van der Waals surface area (Å²) in [6.07, 6.45) is 8.42. The number of carboxylic acids is 1. The monoisotopic (exact) mass is 405 g/mol. The molecule has 6 heteroatoms. The zero-order valence-corrected chi connectivity index (χ0v) is 17.4. The van der Waals surface area contributed by atoms with E-state index in [4.69, 9.17) is 9.84 Å². The largest absolute Gasteiger partial charge is 0.481 e. The summed E-state index contributed by atoms with van der Waals surface area (Å²) in [4.78, 5) is 24.9. The number of hydrogen-bond donors (Lipinski definition) is 1. The summed E-state index contributed by atoms with van der Waals surface area (Å²) in [6.45, 7) is 0.710. The first-order valence-corrected chi connectivity index (χ1v) is 11.1. The zero-order chi connectivity index (χ0) is 20.2. The smallest absolute Gasteiger partial charge is 0.303 e. The number of carboxylic acid groups (broad SMARTS) is 1. The first kappa shape index (κ1) is 22.5. The van der Waals surface area contributed by atoms with Crippen molar-refractivity contribution >= 4 is 23.6 Å². The summed E-state index contributed by atoms with van der Waals surface area (Å²) in [5.74, 6) is 1.12. The lowest BCUT2D eigenvalue weighted by atomic mass is 9.99. The van der Waals surface area contributed by atoms with Crippen molar-refractivity contribution in [1.82, 2.24) is 4.90 Å². The first-order valence-electron chi connectivity index (χ1n) is 9.94. The van der Waals surface area contributed by atoms with Crippen LogP contribution in [0.5, 0.6) is 0 Å². The number of carbonyl (C=O) groups excluding carboxylic acids is 1. The Bertz CT molecular complexity index is 635. The quantitative estimate of drug-likeness (QED) is 0.423. The molecular weight excluding hydrogens is 374 g/mol. The molecule has 0 radical (unpaired) electrons. The summed E-state index contributed by atoms with van der Waals surface area (Å²) in [5.41, 5.74) is 1.23. The highest BCUT2D eigenvalue weighted by Gasteiger charge is 2.25. The molecule has 154 valence electrons. The van der Waals surface area contributed by atoms with Crippen LogP contribution in [0.4, 0.5) is 0 Å². The molecule has 5 nitrogen and oxygen atoms in total. The Balaban J connectivity index is 1.84. The second kappa shape index (κ2) is 12.6. The highest BCUT2D eigenvalue weighted by molar-refractivity contribution is 7.99. The van der Waals surface area contributed by atoms with Gasteiger partial charge in [0.25, 0.3) is 0 Å². The molecular formula is C22H31NO4S. The lowest BCUT2D eigenvalue weighted by Gasteiger charge is -2.34. The van der Waals surface area contributed by atoms with E-state index in [0.717, 1.165) is 30.8 Å². The lowest BCUT2D eigenvalue weighted by Crippen LogP contribution is -2.44. The number of hydrogen-bond acceptors (Lipinski definition) is 4. The molecule has 1 heterocycles. The second-order valence-electron chi connectivity index (χ2n) is 7.01. The number of carbonyl (C=O) groups is 2. The number of piperidine rings is 1. The van der Waals surface area contributed by atoms with Crippen molar-refractivity contribution in [1.29, 1.82) is 0 Å². The van der Waals surface area contributed by atoms with Gasteiger partial charge < -0.3 is 14.7 Å². The van der Waals surface area contributed by atoms with Crippen molar-refractivity contribution in [3.63, 3.8) is 0 Å². The number of rotatable bonds is 12. The van der Waals surface area contributed by atoms with Crippen LogP contribution in [0.25, 0.3) is 0 Å². The van der Waals surface area contributed by atoms with Gasteiger partial charge in [0, 0.05) is 38.7 Å². The number of nitrogens with zero attached hydrogens (tertiary/aromatic N) is 1. The summed E-state index contributed by atoms with van der Waals surface area (Å²) >= 11 is 1.72. The van der Waals surface area contributed by atoms with Gasteiger partial charge in [-0.3, -0.25) is 9.59 Å². The molecule has 1 fully saturated rings. The van der Waals surface area contributed by atoms with Crippen LogP contribution in [0, 0.1) is 0 Å². The predicted octanol–water partition coefficient (Wildman–Crippen LogP) is 3.78. The lowest BCUT2D eigenvalue weighted by molar-refractivity contribution is -0.137. The SMILES string of the molecule is COC(/C=C/[C@H]1CCCC(=O)N1CCSCCCC(=O)O)Cc1ccccc1. The molecule has 0 aromatic heterocycles. The van der Waals surface area contributed by atoms with E-state index in [0.29, 0.717) is 19.4 Å². The van der Waals surface area contributed by atoms with Gasteiger partial charge in [-0.05, 0) is 30.6 Å². The number of thioether (sulfide) groups is 1. The summed E-state index contributed by atoms with van der Waals surface area (Å²) in [5, 5.41) is 8.68. The molecule has 1 aromatic carbocycles. The molecule has 28 heavy (non-hydrogen) atoms. The number of amides is 1. The Morgan fingerprint density at radius 2 is 2.14 bits per heavy atom. The van der Waals surface area contributed by atoms with Gasteiger partial charge in [0.2, 0.25) is 5.91 Å². The van der Waals surface area contributed by atoms with Crippen molar-refractivity contribution in [2.24, 2.45) is 0 Å². The maximum atomic E-state index is 12.4. The van der Waals surface area contributed by atoms with E-state index in [1.807, 2.05) is 23.1 Å². The standard InChI is InChI=1S/C22H31NO4S/c1-27-20(17-18-7-3-2-4-8-18)13-12-19-9-5-10-21(24)23(19)14-16-28-15-6-11-22(25)26/h2-4,7-8,12-13,19-20H,5-6,9-11,14-17H2,1H3,(H,25,26)/b13-12+/t19-,20?/m1/s1. The highest BCUT2D eigenvalue weighted by Crippen LogP contribution is 2.21. The normalized spacial score (nSPS) is 18.5. The molecule has 2 rings (SSSR count). The second-order valence-corrected chi connectivity index (χ2v) is 8.23. The maximum absolute atomic E-state index is 12.4.